The number of allylic oxidation sites excluding steroid dienone is 4. The van der Waals surface area contributed by atoms with Crippen LogP contribution in [0.5, 0.6) is 0 Å². The molecular weight excluding hydrogens is 182 g/mol. The van der Waals surface area contributed by atoms with Crippen LogP contribution in [0.4, 0.5) is 0 Å². The summed E-state index contributed by atoms with van der Waals surface area (Å²) < 4.78 is 0. The van der Waals surface area contributed by atoms with Crippen LogP contribution in [0.25, 0.3) is 0 Å². The largest absolute Gasteiger partial charge is 0.305 e. The maximum Gasteiger partial charge on any atom is 0.167 e. The van der Waals surface area contributed by atoms with Crippen LogP contribution in [0.15, 0.2) is 24.3 Å². The number of rotatable bonds is 0. The molecule has 70 valence electrons. The van der Waals surface area contributed by atoms with E-state index in [1.807, 2.05) is 0 Å². The molecular formula is C10H7NO3. The van der Waals surface area contributed by atoms with Crippen molar-refractivity contribution in [2.45, 2.75) is 0 Å². The smallest absolute Gasteiger partial charge is 0.167 e. The number of ketones is 3. The zero-order chi connectivity index (χ0) is 10.3. The topological polar surface area (TPSA) is 75.1 Å². The Morgan fingerprint density at radius 1 is 0.786 bits per heavy atom. The van der Waals surface area contributed by atoms with Crippen molar-refractivity contribution in [3.8, 4) is 0 Å². The molecule has 2 rings (SSSR count). The molecule has 0 radical (unpaired) electrons. The number of hydrogen-bond acceptors (Lipinski definition) is 4. The third-order valence-corrected chi connectivity index (χ3v) is 2.43. The van der Waals surface area contributed by atoms with Gasteiger partial charge in [-0.1, -0.05) is 0 Å². The molecule has 2 atom stereocenters. The van der Waals surface area contributed by atoms with E-state index in [9.17, 15) is 14.4 Å². The molecule has 0 aromatic rings. The summed E-state index contributed by atoms with van der Waals surface area (Å²) in [5.41, 5.74) is 0.0392. The molecule has 0 amide bonds. The van der Waals surface area contributed by atoms with Crippen LogP contribution in [0.1, 0.15) is 0 Å². The monoisotopic (exact) mass is 189 g/mol. The Labute approximate surface area is 79.8 Å². The van der Waals surface area contributed by atoms with Gasteiger partial charge in [0.1, 0.15) is 0 Å². The summed E-state index contributed by atoms with van der Waals surface area (Å²) in [6.07, 6.45) is 4.74. The Morgan fingerprint density at radius 3 is 1.71 bits per heavy atom. The van der Waals surface area contributed by atoms with Gasteiger partial charge in [-0.05, 0) is 24.3 Å². The first-order chi connectivity index (χ1) is 6.61. The molecule has 2 aliphatic carbocycles. The van der Waals surface area contributed by atoms with Gasteiger partial charge < -0.3 is 5.41 Å². The van der Waals surface area contributed by atoms with Gasteiger partial charge in [-0.3, -0.25) is 14.4 Å². The molecule has 0 saturated heterocycles. The Morgan fingerprint density at radius 2 is 1.21 bits per heavy atom. The highest BCUT2D eigenvalue weighted by molar-refractivity contribution is 6.29. The second kappa shape index (κ2) is 2.83. The van der Waals surface area contributed by atoms with Crippen molar-refractivity contribution in [2.75, 3.05) is 0 Å². The molecule has 0 saturated carbocycles. The van der Waals surface area contributed by atoms with E-state index in [1.54, 1.807) is 0 Å². The summed E-state index contributed by atoms with van der Waals surface area (Å²) in [5.74, 6) is -2.96. The molecule has 14 heavy (non-hydrogen) atoms. The molecule has 0 heterocycles. The quantitative estimate of drug-likeness (QED) is 0.548. The van der Waals surface area contributed by atoms with Gasteiger partial charge in [-0.2, -0.15) is 0 Å². The number of hydrogen-bond donors (Lipinski definition) is 1. The van der Waals surface area contributed by atoms with E-state index in [4.69, 9.17) is 5.41 Å². The summed E-state index contributed by atoms with van der Waals surface area (Å²) >= 11 is 0. The first-order valence-electron chi connectivity index (χ1n) is 4.17. The SMILES string of the molecule is N=C1C=CC(=O)C2C(=O)C=CC(=O)C12. The van der Waals surface area contributed by atoms with Gasteiger partial charge in [0.05, 0.1) is 11.8 Å². The Hall–Kier alpha value is -1.84. The van der Waals surface area contributed by atoms with Crippen molar-refractivity contribution in [2.24, 2.45) is 11.8 Å². The third kappa shape index (κ3) is 1.08. The van der Waals surface area contributed by atoms with Crippen molar-refractivity contribution in [3.63, 3.8) is 0 Å². The predicted octanol–water partition coefficient (Wildman–Crippen LogP) is 0.0855. The van der Waals surface area contributed by atoms with E-state index < -0.39 is 11.8 Å². The molecule has 0 bridgehead atoms. The lowest BCUT2D eigenvalue weighted by atomic mass is 9.73. The van der Waals surface area contributed by atoms with E-state index in [0.29, 0.717) is 0 Å². The summed E-state index contributed by atoms with van der Waals surface area (Å²) in [6, 6.07) is 0. The van der Waals surface area contributed by atoms with Crippen molar-refractivity contribution >= 4 is 23.1 Å². The summed E-state index contributed by atoms with van der Waals surface area (Å²) in [6.45, 7) is 0. The normalized spacial score (nSPS) is 30.9. The van der Waals surface area contributed by atoms with Gasteiger partial charge in [0.15, 0.2) is 17.3 Å². The van der Waals surface area contributed by atoms with Crippen molar-refractivity contribution in [1.82, 2.24) is 0 Å². The first kappa shape index (κ1) is 8.74. The summed E-state index contributed by atoms with van der Waals surface area (Å²) in [4.78, 5) is 34.0. The van der Waals surface area contributed by atoms with E-state index in [-0.39, 0.29) is 23.1 Å². The van der Waals surface area contributed by atoms with Crippen molar-refractivity contribution in [3.05, 3.63) is 24.3 Å². The van der Waals surface area contributed by atoms with Gasteiger partial charge in [-0.15, -0.1) is 0 Å². The highest BCUT2D eigenvalue weighted by Gasteiger charge is 2.42. The fourth-order valence-electron chi connectivity index (χ4n) is 1.72. The minimum Gasteiger partial charge on any atom is -0.305 e. The highest BCUT2D eigenvalue weighted by atomic mass is 16.2. The van der Waals surface area contributed by atoms with E-state index >= 15 is 0 Å². The zero-order valence-corrected chi connectivity index (χ0v) is 7.19. The Balaban J connectivity index is 2.53. The third-order valence-electron chi connectivity index (χ3n) is 2.43. The number of fused-ring (bicyclic) bond motifs is 1. The minimum absolute atomic E-state index is 0.0392. The fourth-order valence-corrected chi connectivity index (χ4v) is 1.72. The summed E-state index contributed by atoms with van der Waals surface area (Å²) in [7, 11) is 0. The number of carbonyl (C=O) groups excluding carboxylic acids is 3. The maximum atomic E-state index is 11.4. The summed E-state index contributed by atoms with van der Waals surface area (Å²) in [5, 5.41) is 7.48. The second-order valence-electron chi connectivity index (χ2n) is 3.28. The average molecular weight is 189 g/mol. The fraction of sp³-hybridized carbons (Fsp3) is 0.200. The lowest BCUT2D eigenvalue weighted by Gasteiger charge is -2.26. The van der Waals surface area contributed by atoms with Gasteiger partial charge in [0.25, 0.3) is 0 Å². The van der Waals surface area contributed by atoms with Crippen molar-refractivity contribution < 1.29 is 14.4 Å². The predicted molar refractivity (Wildman–Crippen MR) is 48.0 cm³/mol. The molecule has 4 nitrogen and oxygen atoms in total. The Bertz CT molecular complexity index is 341. The molecule has 2 aliphatic rings. The first-order valence-corrected chi connectivity index (χ1v) is 4.17. The van der Waals surface area contributed by atoms with Crippen molar-refractivity contribution in [1.29, 1.82) is 5.41 Å². The average Bonchev–Trinajstić information content (AvgIpc) is 2.16. The lowest BCUT2D eigenvalue weighted by molar-refractivity contribution is -0.134. The molecule has 0 spiro atoms. The zero-order valence-electron chi connectivity index (χ0n) is 7.19. The molecule has 2 unspecified atom stereocenters. The van der Waals surface area contributed by atoms with Crippen LogP contribution >= 0.6 is 0 Å². The standard InChI is InChI=1S/C10H7NO3/c11-5-1-2-7(13)10-8(14)4-3-6(12)9(5)10/h1-4,9-11H. The van der Waals surface area contributed by atoms with E-state index in [0.717, 1.165) is 12.2 Å². The van der Waals surface area contributed by atoms with Gasteiger partial charge >= 0.3 is 0 Å². The Kier molecular flexibility index (Phi) is 1.77. The molecule has 0 aromatic carbocycles. The maximum absolute atomic E-state index is 11.4. The van der Waals surface area contributed by atoms with E-state index in [1.165, 1.54) is 12.2 Å². The molecule has 0 aliphatic heterocycles. The lowest BCUT2D eigenvalue weighted by Crippen LogP contribution is -2.43. The van der Waals surface area contributed by atoms with Crippen LogP contribution in [-0.2, 0) is 14.4 Å². The molecule has 0 aromatic heterocycles. The second-order valence-corrected chi connectivity index (χ2v) is 3.28. The minimum atomic E-state index is -0.981. The van der Waals surface area contributed by atoms with Gasteiger partial charge in [-0.25, -0.2) is 0 Å². The van der Waals surface area contributed by atoms with Crippen LogP contribution in [0, 0.1) is 17.2 Å². The van der Waals surface area contributed by atoms with Gasteiger partial charge in [0, 0.05) is 5.71 Å². The van der Waals surface area contributed by atoms with Crippen LogP contribution in [-0.4, -0.2) is 23.1 Å². The highest BCUT2D eigenvalue weighted by Crippen LogP contribution is 2.26. The molecule has 1 N–H and O–H groups in total. The van der Waals surface area contributed by atoms with Gasteiger partial charge in [0.2, 0.25) is 0 Å². The van der Waals surface area contributed by atoms with E-state index in [2.05, 4.69) is 0 Å². The molecule has 4 heteroatoms. The number of carbonyl (C=O) groups is 3. The van der Waals surface area contributed by atoms with Crippen LogP contribution < -0.4 is 0 Å². The van der Waals surface area contributed by atoms with Crippen LogP contribution in [0.3, 0.4) is 0 Å². The number of nitrogens with one attached hydrogen (secondary N) is 1. The molecule has 0 fully saturated rings. The van der Waals surface area contributed by atoms with Crippen LogP contribution in [0.2, 0.25) is 0 Å².